The number of hydrogen-bond acceptors (Lipinski definition) is 7. The van der Waals surface area contributed by atoms with Crippen molar-refractivity contribution in [1.82, 2.24) is 9.97 Å². The van der Waals surface area contributed by atoms with E-state index in [0.29, 0.717) is 28.3 Å². The maximum Gasteiger partial charge on any atom is 0.222 e. The van der Waals surface area contributed by atoms with Gasteiger partial charge in [-0.05, 0) is 42.5 Å². The number of rotatable bonds is 5. The van der Waals surface area contributed by atoms with Crippen molar-refractivity contribution in [2.24, 2.45) is 0 Å². The normalized spacial score (nSPS) is 10.3. The van der Waals surface area contributed by atoms with E-state index in [0.717, 1.165) is 0 Å². The molecule has 0 radical (unpaired) electrons. The van der Waals surface area contributed by atoms with Crippen LogP contribution in [0.5, 0.6) is 11.5 Å². The molecule has 8 heteroatoms. The number of nitrogen functional groups attached to an aromatic ring is 2. The Morgan fingerprint density at radius 3 is 2.52 bits per heavy atom. The molecule has 0 saturated carbocycles. The summed E-state index contributed by atoms with van der Waals surface area (Å²) in [5.74, 6) is 0.748. The van der Waals surface area contributed by atoms with Crippen LogP contribution in [0.4, 0.5) is 16.2 Å². The third-order valence-electron chi connectivity index (χ3n) is 3.83. The van der Waals surface area contributed by atoms with Crippen LogP contribution in [0.25, 0.3) is 11.3 Å². The Kier molecular flexibility index (Phi) is 5.04. The maximum absolute atomic E-state index is 13.0. The van der Waals surface area contributed by atoms with Gasteiger partial charge in [-0.25, -0.2) is 9.37 Å². The van der Waals surface area contributed by atoms with E-state index in [4.69, 9.17) is 20.9 Å². The predicted octanol–water partition coefficient (Wildman–Crippen LogP) is 2.91. The molecule has 2 aromatic carbocycles. The van der Waals surface area contributed by atoms with Crippen LogP contribution in [0.15, 0.2) is 42.5 Å². The largest absolute Gasteiger partial charge is 0.496 e. The van der Waals surface area contributed by atoms with Crippen LogP contribution < -0.4 is 20.9 Å². The van der Waals surface area contributed by atoms with Crippen molar-refractivity contribution in [1.29, 1.82) is 5.26 Å². The number of methoxy groups -OCH3 is 1. The molecule has 27 heavy (non-hydrogen) atoms. The van der Waals surface area contributed by atoms with Gasteiger partial charge >= 0.3 is 0 Å². The second kappa shape index (κ2) is 7.58. The van der Waals surface area contributed by atoms with Gasteiger partial charge < -0.3 is 20.9 Å². The number of ether oxygens (including phenoxy) is 2. The van der Waals surface area contributed by atoms with E-state index in [1.807, 2.05) is 6.07 Å². The van der Waals surface area contributed by atoms with Gasteiger partial charge in [-0.1, -0.05) is 0 Å². The first-order valence-electron chi connectivity index (χ1n) is 7.90. The minimum Gasteiger partial charge on any atom is -0.496 e. The molecule has 4 N–H and O–H groups in total. The summed E-state index contributed by atoms with van der Waals surface area (Å²) in [7, 11) is 1.54. The molecule has 3 aromatic rings. The van der Waals surface area contributed by atoms with E-state index in [2.05, 4.69) is 9.97 Å². The zero-order chi connectivity index (χ0) is 19.4. The molecule has 0 amide bonds. The fourth-order valence-electron chi connectivity index (χ4n) is 2.55. The lowest BCUT2D eigenvalue weighted by Crippen LogP contribution is -2.05. The van der Waals surface area contributed by atoms with Crippen molar-refractivity contribution in [3.05, 3.63) is 59.4 Å². The summed E-state index contributed by atoms with van der Waals surface area (Å²) >= 11 is 0. The number of halogens is 1. The zero-order valence-electron chi connectivity index (χ0n) is 14.4. The first kappa shape index (κ1) is 17.9. The van der Waals surface area contributed by atoms with Gasteiger partial charge in [-0.15, -0.1) is 0 Å². The Morgan fingerprint density at radius 1 is 1.11 bits per heavy atom. The van der Waals surface area contributed by atoms with Gasteiger partial charge in [0, 0.05) is 11.1 Å². The molecule has 3 rings (SSSR count). The van der Waals surface area contributed by atoms with E-state index in [1.165, 1.54) is 31.4 Å². The second-order valence-corrected chi connectivity index (χ2v) is 5.57. The lowest BCUT2D eigenvalue weighted by atomic mass is 10.0. The molecule has 0 spiro atoms. The third kappa shape index (κ3) is 3.88. The van der Waals surface area contributed by atoms with Crippen LogP contribution in [0, 0.1) is 17.1 Å². The highest BCUT2D eigenvalue weighted by Gasteiger charge is 2.15. The molecule has 0 saturated heterocycles. The third-order valence-corrected chi connectivity index (χ3v) is 3.83. The Hall–Kier alpha value is -3.86. The molecule has 0 aliphatic rings. The summed E-state index contributed by atoms with van der Waals surface area (Å²) in [5.41, 5.74) is 13.2. The molecule has 0 fully saturated rings. The van der Waals surface area contributed by atoms with Gasteiger partial charge in [0.15, 0.2) is 0 Å². The summed E-state index contributed by atoms with van der Waals surface area (Å²) in [6, 6.07) is 12.9. The minimum absolute atomic E-state index is 0.0138. The first-order valence-corrected chi connectivity index (χ1v) is 7.90. The van der Waals surface area contributed by atoms with Crippen molar-refractivity contribution in [3.63, 3.8) is 0 Å². The molecule has 1 aromatic heterocycles. The molecule has 7 nitrogen and oxygen atoms in total. The molecule has 1 heterocycles. The summed E-state index contributed by atoms with van der Waals surface area (Å²) < 4.78 is 24.1. The van der Waals surface area contributed by atoms with Crippen LogP contribution in [0.1, 0.15) is 11.1 Å². The van der Waals surface area contributed by atoms with Gasteiger partial charge in [0.25, 0.3) is 0 Å². The molecular formula is C19H16FN5O2. The summed E-state index contributed by atoms with van der Waals surface area (Å²) in [4.78, 5) is 7.95. The molecular weight excluding hydrogens is 349 g/mol. The quantitative estimate of drug-likeness (QED) is 0.713. The molecule has 0 aliphatic heterocycles. The fourth-order valence-corrected chi connectivity index (χ4v) is 2.55. The Balaban J connectivity index is 1.97. The van der Waals surface area contributed by atoms with E-state index in [-0.39, 0.29) is 29.8 Å². The number of nitriles is 1. The number of aromatic nitrogens is 2. The Labute approximate surface area is 155 Å². The van der Waals surface area contributed by atoms with Gasteiger partial charge in [-0.2, -0.15) is 10.2 Å². The first-order chi connectivity index (χ1) is 13.0. The average Bonchev–Trinajstić information content (AvgIpc) is 2.66. The molecule has 0 atom stereocenters. The van der Waals surface area contributed by atoms with Crippen molar-refractivity contribution < 1.29 is 13.9 Å². The van der Waals surface area contributed by atoms with Crippen molar-refractivity contribution in [2.75, 3.05) is 18.6 Å². The molecule has 0 aliphatic carbocycles. The minimum atomic E-state index is -0.343. The van der Waals surface area contributed by atoms with Crippen molar-refractivity contribution in [3.8, 4) is 28.8 Å². The van der Waals surface area contributed by atoms with E-state index >= 15 is 0 Å². The maximum atomic E-state index is 13.0. The van der Waals surface area contributed by atoms with E-state index < -0.39 is 0 Å². The SMILES string of the molecule is COc1ccc(-c2nc(N)nc(N)c2C#N)cc1COc1ccc(F)cc1. The number of nitrogens with zero attached hydrogens (tertiary/aromatic N) is 3. The Morgan fingerprint density at radius 2 is 1.85 bits per heavy atom. The van der Waals surface area contributed by atoms with Crippen LogP contribution in [0.2, 0.25) is 0 Å². The van der Waals surface area contributed by atoms with Crippen molar-refractivity contribution in [2.45, 2.75) is 6.61 Å². The molecule has 0 unspecified atom stereocenters. The van der Waals surface area contributed by atoms with E-state index in [9.17, 15) is 9.65 Å². The lowest BCUT2D eigenvalue weighted by molar-refractivity contribution is 0.296. The smallest absolute Gasteiger partial charge is 0.222 e. The standard InChI is InChI=1S/C19H16FN5O2/c1-26-16-7-2-11(17-15(9-21)18(22)25-19(23)24-17)8-12(16)10-27-14-5-3-13(20)4-6-14/h2-8H,10H2,1H3,(H4,22,23,24,25). The number of nitrogens with two attached hydrogens (primary N) is 2. The number of benzene rings is 2. The zero-order valence-corrected chi connectivity index (χ0v) is 14.4. The van der Waals surface area contributed by atoms with Crippen molar-refractivity contribution >= 4 is 11.8 Å². The summed E-state index contributed by atoms with van der Waals surface area (Å²) in [6.07, 6.45) is 0. The summed E-state index contributed by atoms with van der Waals surface area (Å²) in [6.45, 7) is 0.167. The average molecular weight is 365 g/mol. The highest BCUT2D eigenvalue weighted by Crippen LogP contribution is 2.30. The monoisotopic (exact) mass is 365 g/mol. The van der Waals surface area contributed by atoms with Crippen LogP contribution in [0.3, 0.4) is 0 Å². The highest BCUT2D eigenvalue weighted by molar-refractivity contribution is 5.74. The molecule has 0 bridgehead atoms. The van der Waals surface area contributed by atoms with E-state index in [1.54, 1.807) is 18.2 Å². The highest BCUT2D eigenvalue weighted by atomic mass is 19.1. The van der Waals surface area contributed by atoms with Crippen LogP contribution in [-0.2, 0) is 6.61 Å². The van der Waals surface area contributed by atoms with Gasteiger partial charge in [0.05, 0.1) is 12.8 Å². The van der Waals surface area contributed by atoms with Gasteiger partial charge in [0.2, 0.25) is 5.95 Å². The molecule has 136 valence electrons. The van der Waals surface area contributed by atoms with Crippen LogP contribution >= 0.6 is 0 Å². The van der Waals surface area contributed by atoms with Gasteiger partial charge in [-0.3, -0.25) is 0 Å². The van der Waals surface area contributed by atoms with Gasteiger partial charge in [0.1, 0.15) is 41.4 Å². The Bertz CT molecular complexity index is 1020. The summed E-state index contributed by atoms with van der Waals surface area (Å²) in [5, 5.41) is 9.37. The lowest BCUT2D eigenvalue weighted by Gasteiger charge is -2.13. The second-order valence-electron chi connectivity index (χ2n) is 5.57. The fraction of sp³-hybridized carbons (Fsp3) is 0.105. The number of hydrogen-bond donors (Lipinski definition) is 2. The number of anilines is 2. The topological polar surface area (TPSA) is 120 Å². The van der Waals surface area contributed by atoms with Crippen LogP contribution in [-0.4, -0.2) is 17.1 Å². The predicted molar refractivity (Wildman–Crippen MR) is 98.3 cm³/mol.